The molecule has 140 valence electrons. The first-order valence-corrected chi connectivity index (χ1v) is 8.22. The Hall–Kier alpha value is -3.10. The number of ether oxygens (including phenoxy) is 2. The molecule has 0 unspecified atom stereocenters. The summed E-state index contributed by atoms with van der Waals surface area (Å²) in [4.78, 5) is 51.6. The minimum atomic E-state index is -0.704. The van der Waals surface area contributed by atoms with Crippen LogP contribution in [0.25, 0.3) is 0 Å². The number of ketones is 1. The minimum Gasteiger partial charge on any atom is -0.466 e. The zero-order valence-corrected chi connectivity index (χ0v) is 14.3. The molecule has 9 heteroatoms. The summed E-state index contributed by atoms with van der Waals surface area (Å²) in [5.41, 5.74) is -0.312. The molecule has 0 saturated carbocycles. The Kier molecular flexibility index (Phi) is 6.95. The van der Waals surface area contributed by atoms with E-state index in [4.69, 9.17) is 13.9 Å². The zero-order valence-electron chi connectivity index (χ0n) is 14.3. The molecule has 2 N–H and O–H groups in total. The summed E-state index contributed by atoms with van der Waals surface area (Å²) in [6, 6.07) is 2.98. The Balaban J connectivity index is 1.87. The lowest BCUT2D eigenvalue weighted by molar-refractivity contribution is -0.143. The lowest BCUT2D eigenvalue weighted by Gasteiger charge is -2.04. The van der Waals surface area contributed by atoms with Crippen molar-refractivity contribution in [3.05, 3.63) is 46.0 Å². The maximum absolute atomic E-state index is 12.3. The molecule has 0 aliphatic carbocycles. The van der Waals surface area contributed by atoms with E-state index in [2.05, 4.69) is 9.97 Å². The first-order valence-electron chi connectivity index (χ1n) is 8.22. The number of furan rings is 1. The lowest BCUT2D eigenvalue weighted by atomic mass is 10.1. The van der Waals surface area contributed by atoms with Crippen LogP contribution in [-0.4, -0.2) is 34.3 Å². The molecule has 0 bridgehead atoms. The normalized spacial score (nSPS) is 10.5. The van der Waals surface area contributed by atoms with Crippen LogP contribution in [-0.2, 0) is 20.9 Å². The number of nitrogens with one attached hydrogen (secondary N) is 2. The summed E-state index contributed by atoms with van der Waals surface area (Å²) in [6.07, 6.45) is 2.68. The molecule has 2 aromatic heterocycles. The molecule has 0 radical (unpaired) electrons. The van der Waals surface area contributed by atoms with Gasteiger partial charge in [-0.25, -0.2) is 9.59 Å². The van der Waals surface area contributed by atoms with E-state index in [0.29, 0.717) is 19.4 Å². The van der Waals surface area contributed by atoms with Gasteiger partial charge in [0.05, 0.1) is 18.6 Å². The van der Waals surface area contributed by atoms with E-state index >= 15 is 0 Å². The summed E-state index contributed by atoms with van der Waals surface area (Å²) >= 11 is 0. The second-order valence-electron chi connectivity index (χ2n) is 5.42. The molecule has 0 aliphatic heterocycles. The molecule has 2 heterocycles. The third kappa shape index (κ3) is 5.47. The second kappa shape index (κ2) is 9.40. The number of H-pyrrole nitrogens is 2. The third-order valence-electron chi connectivity index (χ3n) is 3.49. The van der Waals surface area contributed by atoms with Gasteiger partial charge in [0.25, 0.3) is 0 Å². The molecule has 0 aliphatic rings. The fourth-order valence-electron chi connectivity index (χ4n) is 2.28. The topological polar surface area (TPSA) is 131 Å². The van der Waals surface area contributed by atoms with Crippen molar-refractivity contribution in [1.82, 2.24) is 9.97 Å². The van der Waals surface area contributed by atoms with E-state index in [0.717, 1.165) is 0 Å². The number of aromatic amines is 2. The third-order valence-corrected chi connectivity index (χ3v) is 3.49. The van der Waals surface area contributed by atoms with Crippen molar-refractivity contribution in [1.29, 1.82) is 0 Å². The van der Waals surface area contributed by atoms with Gasteiger partial charge < -0.3 is 23.9 Å². The smallest absolute Gasteiger partial charge is 0.374 e. The van der Waals surface area contributed by atoms with Gasteiger partial charge in [0.1, 0.15) is 12.3 Å². The van der Waals surface area contributed by atoms with Crippen LogP contribution in [0.2, 0.25) is 0 Å². The number of carbonyl (C=O) groups excluding carboxylic acids is 3. The molecule has 0 spiro atoms. The number of Topliss-reactive ketones (excluding diaryl/α,β-unsaturated/α-hetero) is 1. The van der Waals surface area contributed by atoms with E-state index in [1.807, 2.05) is 0 Å². The van der Waals surface area contributed by atoms with Crippen molar-refractivity contribution >= 4 is 17.7 Å². The standard InChI is InChI=1S/C17H20N2O7/c1-2-24-14(21)8-4-3-6-12(20)15-11(18-17(23)19-15)10-26-16(22)13-7-5-9-25-13/h5,7,9H,2-4,6,8,10H2,1H3,(H2,18,19,23). The van der Waals surface area contributed by atoms with Gasteiger partial charge in [-0.05, 0) is 31.9 Å². The van der Waals surface area contributed by atoms with Gasteiger partial charge in [-0.15, -0.1) is 0 Å². The molecule has 0 amide bonds. The Labute approximate surface area is 148 Å². The SMILES string of the molecule is CCOC(=O)CCCCC(=O)c1[nH]c(=O)[nH]c1COC(=O)c1ccco1. The van der Waals surface area contributed by atoms with Gasteiger partial charge in [-0.3, -0.25) is 9.59 Å². The highest BCUT2D eigenvalue weighted by atomic mass is 16.5. The Morgan fingerprint density at radius 3 is 2.58 bits per heavy atom. The number of esters is 2. The van der Waals surface area contributed by atoms with Crippen molar-refractivity contribution in [2.24, 2.45) is 0 Å². The number of hydrogen-bond acceptors (Lipinski definition) is 7. The Morgan fingerprint density at radius 1 is 1.12 bits per heavy atom. The minimum absolute atomic E-state index is 0.0229. The summed E-state index contributed by atoms with van der Waals surface area (Å²) in [7, 11) is 0. The van der Waals surface area contributed by atoms with Gasteiger partial charge in [0.15, 0.2) is 5.78 Å². The predicted molar refractivity (Wildman–Crippen MR) is 88.7 cm³/mol. The van der Waals surface area contributed by atoms with Gasteiger partial charge in [-0.2, -0.15) is 0 Å². The number of rotatable bonds is 10. The quantitative estimate of drug-likeness (QED) is 0.374. The maximum Gasteiger partial charge on any atom is 0.374 e. The summed E-state index contributed by atoms with van der Waals surface area (Å²) in [6.45, 7) is 1.77. The average Bonchev–Trinajstić information content (AvgIpc) is 3.26. The van der Waals surface area contributed by atoms with Crippen LogP contribution in [0.3, 0.4) is 0 Å². The average molecular weight is 364 g/mol. The van der Waals surface area contributed by atoms with Crippen LogP contribution in [0.5, 0.6) is 0 Å². The molecular formula is C17H20N2O7. The molecule has 0 saturated heterocycles. The van der Waals surface area contributed by atoms with E-state index in [-0.39, 0.29) is 48.3 Å². The summed E-state index contributed by atoms with van der Waals surface area (Å²) in [5, 5.41) is 0. The number of unbranched alkanes of at least 4 members (excludes halogenated alkanes) is 1. The first-order chi connectivity index (χ1) is 12.5. The summed E-state index contributed by atoms with van der Waals surface area (Å²) < 4.78 is 14.7. The predicted octanol–water partition coefficient (Wildman–Crippen LogP) is 1.96. The maximum atomic E-state index is 12.3. The van der Waals surface area contributed by atoms with E-state index < -0.39 is 11.7 Å². The number of aromatic nitrogens is 2. The zero-order chi connectivity index (χ0) is 18.9. The van der Waals surface area contributed by atoms with Crippen LogP contribution in [0, 0.1) is 0 Å². The largest absolute Gasteiger partial charge is 0.466 e. The fraction of sp³-hybridized carbons (Fsp3) is 0.412. The van der Waals surface area contributed by atoms with E-state index in [1.165, 1.54) is 12.3 Å². The Bertz CT molecular complexity index is 801. The van der Waals surface area contributed by atoms with Crippen molar-refractivity contribution < 1.29 is 28.3 Å². The van der Waals surface area contributed by atoms with E-state index in [9.17, 15) is 19.2 Å². The van der Waals surface area contributed by atoms with Crippen molar-refractivity contribution in [3.63, 3.8) is 0 Å². The highest BCUT2D eigenvalue weighted by Gasteiger charge is 2.18. The highest BCUT2D eigenvalue weighted by molar-refractivity contribution is 5.95. The van der Waals surface area contributed by atoms with Gasteiger partial charge in [0, 0.05) is 12.8 Å². The first kappa shape index (κ1) is 19.2. The van der Waals surface area contributed by atoms with Crippen LogP contribution in [0.1, 0.15) is 59.3 Å². The van der Waals surface area contributed by atoms with E-state index in [1.54, 1.807) is 13.0 Å². The molecule has 2 aromatic rings. The van der Waals surface area contributed by atoms with Crippen LogP contribution >= 0.6 is 0 Å². The Morgan fingerprint density at radius 2 is 1.88 bits per heavy atom. The fourth-order valence-corrected chi connectivity index (χ4v) is 2.28. The molecule has 9 nitrogen and oxygen atoms in total. The molecule has 0 atom stereocenters. The lowest BCUT2D eigenvalue weighted by Crippen LogP contribution is -2.09. The van der Waals surface area contributed by atoms with Crippen LogP contribution < -0.4 is 5.69 Å². The van der Waals surface area contributed by atoms with Crippen molar-refractivity contribution in [3.8, 4) is 0 Å². The molecular weight excluding hydrogens is 344 g/mol. The highest BCUT2D eigenvalue weighted by Crippen LogP contribution is 2.11. The molecule has 2 rings (SSSR count). The van der Waals surface area contributed by atoms with Gasteiger partial charge in [-0.1, -0.05) is 0 Å². The monoisotopic (exact) mass is 364 g/mol. The van der Waals surface area contributed by atoms with Gasteiger partial charge >= 0.3 is 17.6 Å². The molecule has 0 fully saturated rings. The number of hydrogen-bond donors (Lipinski definition) is 2. The van der Waals surface area contributed by atoms with Crippen molar-refractivity contribution in [2.45, 2.75) is 39.2 Å². The van der Waals surface area contributed by atoms with Crippen LogP contribution in [0.4, 0.5) is 0 Å². The van der Waals surface area contributed by atoms with Crippen molar-refractivity contribution in [2.75, 3.05) is 6.61 Å². The van der Waals surface area contributed by atoms with Crippen LogP contribution in [0.15, 0.2) is 27.6 Å². The second-order valence-corrected chi connectivity index (χ2v) is 5.42. The molecule has 26 heavy (non-hydrogen) atoms. The summed E-state index contributed by atoms with van der Waals surface area (Å²) in [5.74, 6) is -1.30. The number of carbonyl (C=O) groups is 3. The number of imidazole rings is 1. The molecule has 0 aromatic carbocycles. The van der Waals surface area contributed by atoms with Gasteiger partial charge in [0.2, 0.25) is 5.76 Å².